The van der Waals surface area contributed by atoms with Crippen molar-refractivity contribution in [2.24, 2.45) is 0 Å². The van der Waals surface area contributed by atoms with E-state index >= 15 is 0 Å². The topological polar surface area (TPSA) is 68.1 Å². The van der Waals surface area contributed by atoms with E-state index in [1.54, 1.807) is 23.4 Å². The summed E-state index contributed by atoms with van der Waals surface area (Å²) in [4.78, 5) is 18.5. The van der Waals surface area contributed by atoms with Crippen molar-refractivity contribution in [2.75, 3.05) is 24.6 Å². The van der Waals surface area contributed by atoms with E-state index in [1.807, 2.05) is 47.3 Å². The van der Waals surface area contributed by atoms with Crippen molar-refractivity contribution in [3.63, 3.8) is 0 Å². The van der Waals surface area contributed by atoms with E-state index in [4.69, 9.17) is 5.10 Å². The van der Waals surface area contributed by atoms with Crippen LogP contribution < -0.4 is 0 Å². The fraction of sp³-hybridized carbons (Fsp3) is 0.227. The van der Waals surface area contributed by atoms with Gasteiger partial charge in [0, 0.05) is 71.2 Å². The van der Waals surface area contributed by atoms with Crippen LogP contribution in [0.25, 0.3) is 17.3 Å². The van der Waals surface area contributed by atoms with E-state index in [9.17, 15) is 9.00 Å². The summed E-state index contributed by atoms with van der Waals surface area (Å²) in [6.45, 7) is 1.73. The third-order valence-corrected chi connectivity index (χ3v) is 6.08. The summed E-state index contributed by atoms with van der Waals surface area (Å²) in [5, 5.41) is 4.74. The highest BCUT2D eigenvalue weighted by Crippen LogP contribution is 2.23. The summed E-state index contributed by atoms with van der Waals surface area (Å²) in [5.74, 6) is 1.04. The van der Waals surface area contributed by atoms with Gasteiger partial charge in [0.25, 0.3) is 0 Å². The number of carbonyl (C=O) groups excluding carboxylic acids is 1. The molecular formula is C22H22N4O2S. The number of pyridine rings is 1. The van der Waals surface area contributed by atoms with Crippen LogP contribution in [-0.4, -0.2) is 54.4 Å². The van der Waals surface area contributed by atoms with E-state index in [-0.39, 0.29) is 5.91 Å². The van der Waals surface area contributed by atoms with Gasteiger partial charge in [-0.15, -0.1) is 0 Å². The largest absolute Gasteiger partial charge is 0.337 e. The highest BCUT2D eigenvalue weighted by atomic mass is 32.2. The molecule has 29 heavy (non-hydrogen) atoms. The van der Waals surface area contributed by atoms with Crippen LogP contribution >= 0.6 is 0 Å². The molecule has 1 saturated heterocycles. The van der Waals surface area contributed by atoms with Crippen LogP contribution in [-0.2, 0) is 22.1 Å². The van der Waals surface area contributed by atoms with Crippen LogP contribution in [0.3, 0.4) is 0 Å². The first kappa shape index (κ1) is 19.3. The first-order valence-corrected chi connectivity index (χ1v) is 11.0. The zero-order valence-corrected chi connectivity index (χ0v) is 16.8. The Morgan fingerprint density at radius 2 is 1.90 bits per heavy atom. The van der Waals surface area contributed by atoms with Crippen LogP contribution in [0.1, 0.15) is 11.1 Å². The van der Waals surface area contributed by atoms with Crippen molar-refractivity contribution >= 4 is 22.8 Å². The van der Waals surface area contributed by atoms with E-state index in [2.05, 4.69) is 17.1 Å². The number of rotatable bonds is 5. The maximum atomic E-state index is 12.5. The Labute approximate surface area is 172 Å². The minimum atomic E-state index is -0.800. The molecule has 7 heteroatoms. The monoisotopic (exact) mass is 406 g/mol. The van der Waals surface area contributed by atoms with E-state index in [0.29, 0.717) is 31.1 Å². The summed E-state index contributed by atoms with van der Waals surface area (Å²) in [5.41, 5.74) is 3.71. The van der Waals surface area contributed by atoms with Gasteiger partial charge in [0.05, 0.1) is 6.54 Å². The summed E-state index contributed by atoms with van der Waals surface area (Å²) >= 11 is 0. The fourth-order valence-electron chi connectivity index (χ4n) is 3.26. The minimum Gasteiger partial charge on any atom is -0.337 e. The Bertz CT molecular complexity index is 1020. The fourth-order valence-corrected chi connectivity index (χ4v) is 4.31. The van der Waals surface area contributed by atoms with Crippen LogP contribution in [0.2, 0.25) is 0 Å². The van der Waals surface area contributed by atoms with Gasteiger partial charge in [0.1, 0.15) is 5.69 Å². The van der Waals surface area contributed by atoms with Gasteiger partial charge in [0.15, 0.2) is 0 Å². The average Bonchev–Trinajstić information content (AvgIpc) is 3.16. The number of hydrogen-bond acceptors (Lipinski definition) is 4. The van der Waals surface area contributed by atoms with Gasteiger partial charge in [-0.1, -0.05) is 30.3 Å². The lowest BCUT2D eigenvalue weighted by Gasteiger charge is -2.24. The number of benzene rings is 1. The lowest BCUT2D eigenvalue weighted by atomic mass is 10.1. The van der Waals surface area contributed by atoms with Crippen LogP contribution in [0.4, 0.5) is 0 Å². The van der Waals surface area contributed by atoms with Crippen molar-refractivity contribution in [1.29, 1.82) is 0 Å². The molecule has 1 aromatic carbocycles. The third-order valence-electron chi connectivity index (χ3n) is 4.81. The molecular weight excluding hydrogens is 384 g/mol. The molecule has 0 aliphatic carbocycles. The Morgan fingerprint density at radius 1 is 1.10 bits per heavy atom. The number of nitrogens with zero attached hydrogens (tertiary/aromatic N) is 4. The van der Waals surface area contributed by atoms with Crippen molar-refractivity contribution < 1.29 is 9.00 Å². The van der Waals surface area contributed by atoms with Crippen LogP contribution in [0.5, 0.6) is 0 Å². The van der Waals surface area contributed by atoms with Crippen molar-refractivity contribution in [3.05, 3.63) is 78.3 Å². The normalized spacial score (nSPS) is 15.1. The van der Waals surface area contributed by atoms with Crippen LogP contribution in [0, 0.1) is 0 Å². The predicted octanol–water partition coefficient (Wildman–Crippen LogP) is 2.60. The van der Waals surface area contributed by atoms with Crippen molar-refractivity contribution in [3.8, 4) is 11.3 Å². The third kappa shape index (κ3) is 4.86. The number of aromatic nitrogens is 3. The Balaban J connectivity index is 1.58. The molecule has 3 aromatic rings. The number of carbonyl (C=O) groups is 1. The molecule has 3 heterocycles. The Morgan fingerprint density at radius 3 is 2.62 bits per heavy atom. The predicted molar refractivity (Wildman–Crippen MR) is 114 cm³/mol. The van der Waals surface area contributed by atoms with Gasteiger partial charge in [-0.3, -0.25) is 18.7 Å². The SMILES string of the molecule is O=C(/C=C/c1cn(Cc2ccccc2)nc1-c1cccnc1)N1CCS(=O)CC1. The zero-order valence-electron chi connectivity index (χ0n) is 16.0. The zero-order chi connectivity index (χ0) is 20.1. The molecule has 0 radical (unpaired) electrons. The Hall–Kier alpha value is -3.06. The number of amides is 1. The highest BCUT2D eigenvalue weighted by Gasteiger charge is 2.18. The average molecular weight is 407 g/mol. The maximum Gasteiger partial charge on any atom is 0.246 e. The van der Waals surface area contributed by atoms with Gasteiger partial charge in [0.2, 0.25) is 5.91 Å². The molecule has 1 amide bonds. The summed E-state index contributed by atoms with van der Waals surface area (Å²) in [7, 11) is -0.800. The maximum absolute atomic E-state index is 12.5. The molecule has 0 bridgehead atoms. The molecule has 1 aliphatic heterocycles. The number of hydrogen-bond donors (Lipinski definition) is 0. The second-order valence-corrected chi connectivity index (χ2v) is 8.56. The second kappa shape index (κ2) is 8.96. The molecule has 0 saturated carbocycles. The Kier molecular flexibility index (Phi) is 5.95. The quantitative estimate of drug-likeness (QED) is 0.611. The van der Waals surface area contributed by atoms with Crippen molar-refractivity contribution in [2.45, 2.75) is 6.54 Å². The molecule has 0 atom stereocenters. The molecule has 1 fully saturated rings. The summed E-state index contributed by atoms with van der Waals surface area (Å²) in [6, 6.07) is 14.0. The van der Waals surface area contributed by atoms with Gasteiger partial charge in [-0.05, 0) is 23.8 Å². The van der Waals surface area contributed by atoms with E-state index < -0.39 is 10.8 Å². The molecule has 2 aromatic heterocycles. The highest BCUT2D eigenvalue weighted by molar-refractivity contribution is 7.85. The molecule has 1 aliphatic rings. The van der Waals surface area contributed by atoms with Gasteiger partial charge in [-0.2, -0.15) is 5.10 Å². The lowest BCUT2D eigenvalue weighted by Crippen LogP contribution is -2.40. The van der Waals surface area contributed by atoms with E-state index in [1.165, 1.54) is 0 Å². The van der Waals surface area contributed by atoms with Gasteiger partial charge < -0.3 is 4.90 Å². The van der Waals surface area contributed by atoms with Crippen LogP contribution in [0.15, 0.2) is 67.1 Å². The molecule has 4 rings (SSSR count). The van der Waals surface area contributed by atoms with Gasteiger partial charge >= 0.3 is 0 Å². The molecule has 0 unspecified atom stereocenters. The standard InChI is InChI=1S/C22H22N4O2S/c27-21(25-11-13-29(28)14-12-25)9-8-20-17-26(16-18-5-2-1-3-6-18)24-22(20)19-7-4-10-23-15-19/h1-10,15,17H,11-14,16H2/b9-8+. The smallest absolute Gasteiger partial charge is 0.246 e. The van der Waals surface area contributed by atoms with E-state index in [0.717, 1.165) is 22.4 Å². The molecule has 0 N–H and O–H groups in total. The molecule has 148 valence electrons. The first-order chi connectivity index (χ1) is 14.2. The summed E-state index contributed by atoms with van der Waals surface area (Å²) < 4.78 is 13.4. The minimum absolute atomic E-state index is 0.0605. The lowest BCUT2D eigenvalue weighted by molar-refractivity contribution is -0.125. The molecule has 6 nitrogen and oxygen atoms in total. The summed E-state index contributed by atoms with van der Waals surface area (Å²) in [6.07, 6.45) is 8.84. The first-order valence-electron chi connectivity index (χ1n) is 9.53. The molecule has 0 spiro atoms. The van der Waals surface area contributed by atoms with Crippen molar-refractivity contribution in [1.82, 2.24) is 19.7 Å². The second-order valence-electron chi connectivity index (χ2n) is 6.86. The van der Waals surface area contributed by atoms with Gasteiger partial charge in [-0.25, -0.2) is 0 Å².